The van der Waals surface area contributed by atoms with Crippen LogP contribution in [0.2, 0.25) is 0 Å². The van der Waals surface area contributed by atoms with Crippen molar-refractivity contribution in [1.82, 2.24) is 9.55 Å². The van der Waals surface area contributed by atoms with Crippen LogP contribution < -0.4 is 9.64 Å². The van der Waals surface area contributed by atoms with E-state index < -0.39 is 0 Å². The third kappa shape index (κ3) is 2.46. The number of rotatable bonds is 5. The van der Waals surface area contributed by atoms with Crippen molar-refractivity contribution in [3.63, 3.8) is 0 Å². The predicted molar refractivity (Wildman–Crippen MR) is 95.9 cm³/mol. The maximum absolute atomic E-state index is 9.76. The number of nitriles is 1. The van der Waals surface area contributed by atoms with Gasteiger partial charge in [-0.2, -0.15) is 5.26 Å². The zero-order chi connectivity index (χ0) is 17.1. The lowest BCUT2D eigenvalue weighted by molar-refractivity contribution is 0.415. The highest BCUT2D eigenvalue weighted by Gasteiger charge is 2.22. The quantitative estimate of drug-likeness (QED) is 0.718. The Labute approximate surface area is 141 Å². The molecule has 1 aromatic carbocycles. The highest BCUT2D eigenvalue weighted by atomic mass is 16.5. The second-order valence-electron chi connectivity index (χ2n) is 5.39. The van der Waals surface area contributed by atoms with E-state index in [4.69, 9.17) is 4.74 Å². The minimum atomic E-state index is 0.664. The van der Waals surface area contributed by atoms with E-state index in [9.17, 15) is 5.26 Å². The molecule has 2 heterocycles. The van der Waals surface area contributed by atoms with Gasteiger partial charge in [-0.25, -0.2) is 4.98 Å². The van der Waals surface area contributed by atoms with Crippen LogP contribution in [0.15, 0.2) is 42.6 Å². The zero-order valence-corrected chi connectivity index (χ0v) is 14.2. The van der Waals surface area contributed by atoms with Gasteiger partial charge in [0.1, 0.15) is 28.8 Å². The van der Waals surface area contributed by atoms with E-state index in [1.54, 1.807) is 13.3 Å². The topological polar surface area (TPSA) is 54.1 Å². The molecule has 122 valence electrons. The van der Waals surface area contributed by atoms with Crippen LogP contribution in [0.3, 0.4) is 0 Å². The summed E-state index contributed by atoms with van der Waals surface area (Å²) in [6, 6.07) is 14.0. The first-order valence-corrected chi connectivity index (χ1v) is 8.04. The van der Waals surface area contributed by atoms with Gasteiger partial charge in [-0.3, -0.25) is 4.57 Å². The second kappa shape index (κ2) is 6.63. The standard InChI is InChI=1S/C19H20N4O/c1-4-22(5-2)19-17(13-20)16-7-6-12-21-18(16)23(19)14-8-10-15(24-3)11-9-14/h6-12H,4-5H2,1-3H3. The van der Waals surface area contributed by atoms with Crippen LogP contribution in [-0.4, -0.2) is 29.8 Å². The smallest absolute Gasteiger partial charge is 0.147 e. The van der Waals surface area contributed by atoms with E-state index in [-0.39, 0.29) is 0 Å². The Balaban J connectivity index is 2.35. The van der Waals surface area contributed by atoms with Crippen LogP contribution in [-0.2, 0) is 0 Å². The molecule has 3 rings (SSSR count). The molecule has 2 aromatic heterocycles. The Hall–Kier alpha value is -3.00. The molecular weight excluding hydrogens is 300 g/mol. The van der Waals surface area contributed by atoms with Crippen molar-refractivity contribution in [3.05, 3.63) is 48.2 Å². The molecule has 0 unspecified atom stereocenters. The van der Waals surface area contributed by atoms with Gasteiger partial charge >= 0.3 is 0 Å². The molecule has 24 heavy (non-hydrogen) atoms. The third-order valence-electron chi connectivity index (χ3n) is 4.21. The molecule has 0 aliphatic carbocycles. The van der Waals surface area contributed by atoms with Gasteiger partial charge in [0.2, 0.25) is 0 Å². The van der Waals surface area contributed by atoms with Crippen LogP contribution in [0.5, 0.6) is 5.75 Å². The molecule has 0 N–H and O–H groups in total. The van der Waals surface area contributed by atoms with E-state index in [0.29, 0.717) is 5.56 Å². The summed E-state index contributed by atoms with van der Waals surface area (Å²) in [4.78, 5) is 6.72. The number of pyridine rings is 1. The average molecular weight is 320 g/mol. The molecule has 0 bridgehead atoms. The van der Waals surface area contributed by atoms with Crippen molar-refractivity contribution in [3.8, 4) is 17.5 Å². The molecule has 0 atom stereocenters. The Kier molecular flexibility index (Phi) is 4.39. The normalized spacial score (nSPS) is 10.6. The maximum atomic E-state index is 9.76. The Morgan fingerprint density at radius 3 is 2.46 bits per heavy atom. The molecule has 0 amide bonds. The second-order valence-corrected chi connectivity index (χ2v) is 5.39. The molecule has 0 spiro atoms. The van der Waals surface area contributed by atoms with E-state index in [2.05, 4.69) is 34.4 Å². The summed E-state index contributed by atoms with van der Waals surface area (Å²) >= 11 is 0. The lowest BCUT2D eigenvalue weighted by atomic mass is 10.2. The molecule has 0 aliphatic rings. The van der Waals surface area contributed by atoms with Gasteiger partial charge in [-0.15, -0.1) is 0 Å². The van der Waals surface area contributed by atoms with Gasteiger partial charge in [0, 0.05) is 30.4 Å². The molecule has 0 saturated carbocycles. The number of anilines is 1. The SMILES string of the molecule is CCN(CC)c1c(C#N)c2cccnc2n1-c1ccc(OC)cc1. The van der Waals surface area contributed by atoms with Gasteiger partial charge in [-0.1, -0.05) is 0 Å². The molecule has 0 aliphatic heterocycles. The van der Waals surface area contributed by atoms with Gasteiger partial charge in [-0.05, 0) is 50.2 Å². The summed E-state index contributed by atoms with van der Waals surface area (Å²) in [5.41, 5.74) is 2.42. The van der Waals surface area contributed by atoms with Crippen LogP contribution in [0.4, 0.5) is 5.82 Å². The fraction of sp³-hybridized carbons (Fsp3) is 0.263. The van der Waals surface area contributed by atoms with Crippen LogP contribution in [0, 0.1) is 11.3 Å². The number of hydrogen-bond donors (Lipinski definition) is 0. The minimum absolute atomic E-state index is 0.664. The number of hydrogen-bond acceptors (Lipinski definition) is 4. The number of methoxy groups -OCH3 is 1. The molecule has 0 radical (unpaired) electrons. The highest BCUT2D eigenvalue weighted by Crippen LogP contribution is 2.34. The monoisotopic (exact) mass is 320 g/mol. The van der Waals surface area contributed by atoms with Gasteiger partial charge in [0.05, 0.1) is 7.11 Å². The van der Waals surface area contributed by atoms with Crippen molar-refractivity contribution in [2.24, 2.45) is 0 Å². The first-order valence-electron chi connectivity index (χ1n) is 8.04. The first-order chi connectivity index (χ1) is 11.7. The Bertz CT molecular complexity index is 886. The van der Waals surface area contributed by atoms with Crippen molar-refractivity contribution in [2.75, 3.05) is 25.1 Å². The number of benzene rings is 1. The van der Waals surface area contributed by atoms with Crippen molar-refractivity contribution in [2.45, 2.75) is 13.8 Å². The van der Waals surface area contributed by atoms with Crippen molar-refractivity contribution < 1.29 is 4.74 Å². The van der Waals surface area contributed by atoms with Crippen LogP contribution in [0.25, 0.3) is 16.7 Å². The summed E-state index contributed by atoms with van der Waals surface area (Å²) in [7, 11) is 1.65. The summed E-state index contributed by atoms with van der Waals surface area (Å²) < 4.78 is 7.31. The zero-order valence-electron chi connectivity index (χ0n) is 14.2. The molecule has 5 heteroatoms. The highest BCUT2D eigenvalue weighted by molar-refractivity contribution is 5.92. The Morgan fingerprint density at radius 1 is 1.17 bits per heavy atom. The van der Waals surface area contributed by atoms with E-state index in [1.807, 2.05) is 36.4 Å². The molecule has 5 nitrogen and oxygen atoms in total. The largest absolute Gasteiger partial charge is 0.497 e. The molecular formula is C19H20N4O. The van der Waals surface area contributed by atoms with Crippen molar-refractivity contribution in [1.29, 1.82) is 5.26 Å². The summed E-state index contributed by atoms with van der Waals surface area (Å²) in [6.45, 7) is 5.82. The number of nitrogens with zero attached hydrogens (tertiary/aromatic N) is 4. The van der Waals surface area contributed by atoms with Gasteiger partial charge in [0.25, 0.3) is 0 Å². The first kappa shape index (κ1) is 15.9. The number of fused-ring (bicyclic) bond motifs is 1. The predicted octanol–water partition coefficient (Wildman–Crippen LogP) is 3.75. The fourth-order valence-corrected chi connectivity index (χ4v) is 3.01. The van der Waals surface area contributed by atoms with Crippen molar-refractivity contribution >= 4 is 16.9 Å². The minimum Gasteiger partial charge on any atom is -0.497 e. The van der Waals surface area contributed by atoms with E-state index >= 15 is 0 Å². The maximum Gasteiger partial charge on any atom is 0.147 e. The lowest BCUT2D eigenvalue weighted by Gasteiger charge is -2.23. The Morgan fingerprint density at radius 2 is 1.88 bits per heavy atom. The number of aromatic nitrogens is 2. The molecule has 0 saturated heterocycles. The van der Waals surface area contributed by atoms with E-state index in [0.717, 1.165) is 41.4 Å². The fourth-order valence-electron chi connectivity index (χ4n) is 3.01. The average Bonchev–Trinajstić information content (AvgIpc) is 2.97. The lowest BCUT2D eigenvalue weighted by Crippen LogP contribution is -2.25. The summed E-state index contributed by atoms with van der Waals surface area (Å²) in [5, 5.41) is 10.6. The summed E-state index contributed by atoms with van der Waals surface area (Å²) in [6.07, 6.45) is 1.76. The van der Waals surface area contributed by atoms with Gasteiger partial charge < -0.3 is 9.64 Å². The van der Waals surface area contributed by atoms with Crippen LogP contribution >= 0.6 is 0 Å². The van der Waals surface area contributed by atoms with E-state index in [1.165, 1.54) is 0 Å². The molecule has 3 aromatic rings. The van der Waals surface area contributed by atoms with Crippen LogP contribution in [0.1, 0.15) is 19.4 Å². The molecule has 0 fully saturated rings. The summed E-state index contributed by atoms with van der Waals surface area (Å²) in [5.74, 6) is 1.69. The third-order valence-corrected chi connectivity index (χ3v) is 4.21. The number of ether oxygens (including phenoxy) is 1. The van der Waals surface area contributed by atoms with Gasteiger partial charge in [0.15, 0.2) is 0 Å².